The van der Waals surface area contributed by atoms with Gasteiger partial charge in [-0.3, -0.25) is 0 Å². The van der Waals surface area contributed by atoms with Crippen molar-refractivity contribution in [2.24, 2.45) is 9.98 Å². The molecule has 0 radical (unpaired) electrons. The number of hydrogen-bond acceptors (Lipinski definition) is 4. The highest BCUT2D eigenvalue weighted by molar-refractivity contribution is 6.46. The third-order valence-corrected chi connectivity index (χ3v) is 5.97. The van der Waals surface area contributed by atoms with E-state index in [2.05, 4.69) is 58.0 Å². The third kappa shape index (κ3) is 5.00. The summed E-state index contributed by atoms with van der Waals surface area (Å²) in [5, 5.41) is 0. The Kier molecular flexibility index (Phi) is 6.93. The van der Waals surface area contributed by atoms with E-state index in [-0.39, 0.29) is 6.04 Å². The summed E-state index contributed by atoms with van der Waals surface area (Å²) in [6.07, 6.45) is 0. The summed E-state index contributed by atoms with van der Waals surface area (Å²) in [5.41, 5.74) is 6.33. The highest BCUT2D eigenvalue weighted by Crippen LogP contribution is 2.36. The molecule has 0 amide bonds. The average Bonchev–Trinajstić information content (AvgIpc) is 3.33. The van der Waals surface area contributed by atoms with Crippen LogP contribution >= 0.6 is 0 Å². The zero-order valence-electron chi connectivity index (χ0n) is 20.1. The average molecular weight is 441 g/mol. The second kappa shape index (κ2) is 10.0. The predicted octanol–water partition coefficient (Wildman–Crippen LogP) is 7.23. The van der Waals surface area contributed by atoms with Gasteiger partial charge in [0.05, 0.1) is 12.8 Å². The molecule has 1 aliphatic heterocycles. The Bertz CT molecular complexity index is 1120. The molecule has 0 saturated carbocycles. The number of rotatable bonds is 7. The Labute approximate surface area is 197 Å². The minimum atomic E-state index is -0.0328. The lowest BCUT2D eigenvalue weighted by Crippen LogP contribution is -2.16. The lowest BCUT2D eigenvalue weighted by molar-refractivity contribution is 0.323. The van der Waals surface area contributed by atoms with Crippen LogP contribution in [0.3, 0.4) is 0 Å². The number of para-hydroxylation sites is 1. The Morgan fingerprint density at radius 3 is 2.09 bits per heavy atom. The van der Waals surface area contributed by atoms with Gasteiger partial charge in [0.15, 0.2) is 0 Å². The monoisotopic (exact) mass is 440 g/mol. The highest BCUT2D eigenvalue weighted by Gasteiger charge is 2.26. The maximum absolute atomic E-state index is 6.15. The van der Waals surface area contributed by atoms with Gasteiger partial charge in [-0.15, -0.1) is 0 Å². The second-order valence-corrected chi connectivity index (χ2v) is 8.96. The SMILES string of the molecule is COc1ccc(C(=Nc2c(C(C)C)cccc2C(C)C)C2=N[C@@H](c3ccccc3)CO2)cc1. The van der Waals surface area contributed by atoms with Gasteiger partial charge in [0.1, 0.15) is 24.1 Å². The van der Waals surface area contributed by atoms with Crippen LogP contribution in [0.25, 0.3) is 0 Å². The first-order valence-corrected chi connectivity index (χ1v) is 11.6. The van der Waals surface area contributed by atoms with Crippen LogP contribution < -0.4 is 4.74 Å². The molecule has 1 heterocycles. The molecule has 33 heavy (non-hydrogen) atoms. The minimum absolute atomic E-state index is 0.0328. The van der Waals surface area contributed by atoms with E-state index in [0.717, 1.165) is 28.3 Å². The molecule has 1 atom stereocenters. The van der Waals surface area contributed by atoms with Gasteiger partial charge in [0, 0.05) is 5.56 Å². The van der Waals surface area contributed by atoms with Crippen molar-refractivity contribution in [2.45, 2.75) is 45.6 Å². The van der Waals surface area contributed by atoms with Crippen molar-refractivity contribution in [3.05, 3.63) is 95.1 Å². The van der Waals surface area contributed by atoms with Crippen molar-refractivity contribution >= 4 is 17.3 Å². The van der Waals surface area contributed by atoms with E-state index in [1.54, 1.807) is 7.11 Å². The molecule has 0 fully saturated rings. The number of methoxy groups -OCH3 is 1. The molecule has 0 spiro atoms. The molecular weight excluding hydrogens is 408 g/mol. The summed E-state index contributed by atoms with van der Waals surface area (Å²) < 4.78 is 11.5. The first kappa shape index (κ1) is 22.8. The van der Waals surface area contributed by atoms with E-state index in [4.69, 9.17) is 19.5 Å². The normalized spacial score (nSPS) is 16.2. The fraction of sp³-hybridized carbons (Fsp3) is 0.310. The van der Waals surface area contributed by atoms with Gasteiger partial charge in [-0.05, 0) is 52.8 Å². The van der Waals surface area contributed by atoms with Gasteiger partial charge in [-0.2, -0.15) is 0 Å². The molecule has 4 nitrogen and oxygen atoms in total. The molecule has 0 N–H and O–H groups in total. The fourth-order valence-electron chi connectivity index (χ4n) is 4.09. The lowest BCUT2D eigenvalue weighted by atomic mass is 9.92. The summed E-state index contributed by atoms with van der Waals surface area (Å²) in [6.45, 7) is 9.35. The largest absolute Gasteiger partial charge is 0.497 e. The summed E-state index contributed by atoms with van der Waals surface area (Å²) >= 11 is 0. The number of hydrogen-bond donors (Lipinski definition) is 0. The Morgan fingerprint density at radius 1 is 0.879 bits per heavy atom. The van der Waals surface area contributed by atoms with E-state index >= 15 is 0 Å². The van der Waals surface area contributed by atoms with Gasteiger partial charge in [0.25, 0.3) is 0 Å². The zero-order chi connectivity index (χ0) is 23.4. The van der Waals surface area contributed by atoms with Crippen molar-refractivity contribution in [3.63, 3.8) is 0 Å². The smallest absolute Gasteiger partial charge is 0.236 e. The first-order chi connectivity index (χ1) is 16.0. The van der Waals surface area contributed by atoms with Crippen LogP contribution in [0.4, 0.5) is 5.69 Å². The third-order valence-electron chi connectivity index (χ3n) is 5.97. The molecule has 0 aromatic heterocycles. The molecule has 0 saturated heterocycles. The number of nitrogens with zero attached hydrogens (tertiary/aromatic N) is 2. The highest BCUT2D eigenvalue weighted by atomic mass is 16.5. The van der Waals surface area contributed by atoms with Crippen LogP contribution in [0.1, 0.15) is 67.8 Å². The summed E-state index contributed by atoms with van der Waals surface area (Å²) in [7, 11) is 1.67. The summed E-state index contributed by atoms with van der Waals surface area (Å²) in [6, 6.07) is 24.7. The summed E-state index contributed by atoms with van der Waals surface area (Å²) in [4.78, 5) is 10.2. The van der Waals surface area contributed by atoms with E-state index in [9.17, 15) is 0 Å². The molecule has 3 aromatic rings. The maximum atomic E-state index is 6.15. The van der Waals surface area contributed by atoms with Gasteiger partial charge >= 0.3 is 0 Å². The van der Waals surface area contributed by atoms with Gasteiger partial charge < -0.3 is 9.47 Å². The van der Waals surface area contributed by atoms with Crippen molar-refractivity contribution < 1.29 is 9.47 Å². The standard InChI is InChI=1S/C29H32N2O2/c1-19(2)24-12-9-13-25(20(3)4)28(24)31-27(22-14-16-23(32-5)17-15-22)29-30-26(18-33-29)21-10-7-6-8-11-21/h6-17,19-20,26H,18H2,1-5H3/t26-/m1/s1. The van der Waals surface area contributed by atoms with Crippen molar-refractivity contribution in [1.29, 1.82) is 0 Å². The fourth-order valence-corrected chi connectivity index (χ4v) is 4.09. The van der Waals surface area contributed by atoms with Crippen LogP contribution in [0.5, 0.6) is 5.75 Å². The van der Waals surface area contributed by atoms with Crippen LogP contribution in [-0.4, -0.2) is 25.3 Å². The van der Waals surface area contributed by atoms with E-state index in [1.807, 2.05) is 42.5 Å². The second-order valence-electron chi connectivity index (χ2n) is 8.96. The van der Waals surface area contributed by atoms with Gasteiger partial charge in [0.2, 0.25) is 5.90 Å². The van der Waals surface area contributed by atoms with Gasteiger partial charge in [-0.25, -0.2) is 9.98 Å². The van der Waals surface area contributed by atoms with Crippen molar-refractivity contribution in [3.8, 4) is 5.75 Å². The quantitative estimate of drug-likeness (QED) is 0.364. The Balaban J connectivity index is 1.87. The first-order valence-electron chi connectivity index (χ1n) is 11.6. The zero-order valence-corrected chi connectivity index (χ0v) is 20.1. The number of aliphatic imine (C=N–C) groups is 2. The van der Waals surface area contributed by atoms with Crippen LogP contribution in [0.2, 0.25) is 0 Å². The molecule has 3 aromatic carbocycles. The molecular formula is C29H32N2O2. The Hall–Kier alpha value is -3.40. The van der Waals surface area contributed by atoms with E-state index < -0.39 is 0 Å². The van der Waals surface area contributed by atoms with Crippen LogP contribution in [0.15, 0.2) is 82.8 Å². The van der Waals surface area contributed by atoms with Crippen molar-refractivity contribution in [2.75, 3.05) is 13.7 Å². The molecule has 4 rings (SSSR count). The Morgan fingerprint density at radius 2 is 1.52 bits per heavy atom. The van der Waals surface area contributed by atoms with Crippen LogP contribution in [0, 0.1) is 0 Å². The predicted molar refractivity (Wildman–Crippen MR) is 136 cm³/mol. The van der Waals surface area contributed by atoms with E-state index in [1.165, 1.54) is 11.1 Å². The molecule has 0 aliphatic carbocycles. The molecule has 1 aliphatic rings. The van der Waals surface area contributed by atoms with E-state index in [0.29, 0.717) is 24.3 Å². The van der Waals surface area contributed by atoms with Gasteiger partial charge in [-0.1, -0.05) is 76.2 Å². The maximum Gasteiger partial charge on any atom is 0.236 e. The van der Waals surface area contributed by atoms with Crippen molar-refractivity contribution in [1.82, 2.24) is 0 Å². The summed E-state index contributed by atoms with van der Waals surface area (Å²) in [5.74, 6) is 2.09. The molecule has 0 bridgehead atoms. The molecule has 0 unspecified atom stereocenters. The van der Waals surface area contributed by atoms with Crippen LogP contribution in [-0.2, 0) is 4.74 Å². The molecule has 4 heteroatoms. The number of benzene rings is 3. The molecule has 170 valence electrons. The number of ether oxygens (including phenoxy) is 2. The topological polar surface area (TPSA) is 43.2 Å². The lowest BCUT2D eigenvalue weighted by Gasteiger charge is -2.18. The minimum Gasteiger partial charge on any atom is -0.497 e.